The first-order valence-electron chi connectivity index (χ1n) is 3.79. The number of pyridine rings is 1. The molecule has 12 heavy (non-hydrogen) atoms. The van der Waals surface area contributed by atoms with Gasteiger partial charge in [0.1, 0.15) is 5.82 Å². The number of benzene rings is 1. The van der Waals surface area contributed by atoms with Crippen molar-refractivity contribution in [1.29, 1.82) is 0 Å². The molecule has 60 valence electrons. The molecule has 2 aromatic rings. The molecule has 0 aliphatic carbocycles. The largest absolute Gasteiger partial charge is 0.256 e. The third-order valence-corrected chi connectivity index (χ3v) is 1.96. The topological polar surface area (TPSA) is 12.9 Å². The maximum Gasteiger partial charge on any atom is 0.128 e. The Hall–Kier alpha value is -1.44. The van der Waals surface area contributed by atoms with Gasteiger partial charge in [0.2, 0.25) is 0 Å². The van der Waals surface area contributed by atoms with Gasteiger partial charge in [-0.3, -0.25) is 4.98 Å². The molecule has 1 aromatic carbocycles. The van der Waals surface area contributed by atoms with E-state index in [0.29, 0.717) is 5.56 Å². The molecule has 1 nitrogen and oxygen atoms in total. The molecule has 1 heterocycles. The van der Waals surface area contributed by atoms with Crippen LogP contribution >= 0.6 is 0 Å². The van der Waals surface area contributed by atoms with E-state index in [0.717, 1.165) is 10.9 Å². The van der Waals surface area contributed by atoms with Crippen LogP contribution in [-0.2, 0) is 0 Å². The third-order valence-electron chi connectivity index (χ3n) is 1.96. The SMILES string of the molecule is Cc1c(F)ccc2cccnc12. The molecule has 0 aliphatic heterocycles. The minimum absolute atomic E-state index is 0.193. The molecular weight excluding hydrogens is 153 g/mol. The van der Waals surface area contributed by atoms with Crippen molar-refractivity contribution < 1.29 is 4.39 Å². The lowest BCUT2D eigenvalue weighted by Crippen LogP contribution is -1.86. The summed E-state index contributed by atoms with van der Waals surface area (Å²) in [5, 5.41) is 0.983. The van der Waals surface area contributed by atoms with Gasteiger partial charge in [0.25, 0.3) is 0 Å². The van der Waals surface area contributed by atoms with Gasteiger partial charge in [0.15, 0.2) is 0 Å². The van der Waals surface area contributed by atoms with E-state index >= 15 is 0 Å². The van der Waals surface area contributed by atoms with E-state index in [1.807, 2.05) is 12.1 Å². The lowest BCUT2D eigenvalue weighted by Gasteiger charge is -2.00. The van der Waals surface area contributed by atoms with Crippen LogP contribution in [0.25, 0.3) is 10.9 Å². The summed E-state index contributed by atoms with van der Waals surface area (Å²) in [7, 11) is 0. The molecule has 0 saturated carbocycles. The summed E-state index contributed by atoms with van der Waals surface area (Å²) in [6.45, 7) is 1.74. The highest BCUT2D eigenvalue weighted by atomic mass is 19.1. The van der Waals surface area contributed by atoms with Crippen molar-refractivity contribution in [3.05, 3.63) is 41.8 Å². The first-order valence-corrected chi connectivity index (χ1v) is 3.79. The van der Waals surface area contributed by atoms with E-state index in [4.69, 9.17) is 0 Å². The Balaban J connectivity index is 2.91. The maximum atomic E-state index is 13.0. The normalized spacial score (nSPS) is 10.5. The van der Waals surface area contributed by atoms with E-state index < -0.39 is 0 Å². The van der Waals surface area contributed by atoms with Crippen LogP contribution in [0.5, 0.6) is 0 Å². The van der Waals surface area contributed by atoms with Crippen LogP contribution in [0, 0.1) is 12.7 Å². The average Bonchev–Trinajstić information content (AvgIpc) is 2.12. The summed E-state index contributed by atoms with van der Waals surface area (Å²) < 4.78 is 13.0. The average molecular weight is 161 g/mol. The molecule has 0 spiro atoms. The first-order chi connectivity index (χ1) is 5.79. The number of hydrogen-bond donors (Lipinski definition) is 0. The summed E-state index contributed by atoms with van der Waals surface area (Å²) in [6, 6.07) is 6.98. The van der Waals surface area contributed by atoms with Gasteiger partial charge in [-0.2, -0.15) is 0 Å². The molecular formula is C10H8FN. The number of nitrogens with zero attached hydrogens (tertiary/aromatic N) is 1. The highest BCUT2D eigenvalue weighted by Crippen LogP contribution is 2.17. The number of rotatable bonds is 0. The molecule has 2 rings (SSSR count). The van der Waals surface area contributed by atoms with Gasteiger partial charge in [-0.15, -0.1) is 0 Å². The zero-order valence-corrected chi connectivity index (χ0v) is 6.71. The minimum atomic E-state index is -0.193. The molecule has 0 aliphatic rings. The van der Waals surface area contributed by atoms with Gasteiger partial charge in [-0.05, 0) is 25.1 Å². The van der Waals surface area contributed by atoms with Gasteiger partial charge in [-0.1, -0.05) is 6.07 Å². The molecule has 2 heteroatoms. The zero-order valence-electron chi connectivity index (χ0n) is 6.71. The maximum absolute atomic E-state index is 13.0. The molecule has 0 saturated heterocycles. The Labute approximate surface area is 69.9 Å². The van der Waals surface area contributed by atoms with Crippen molar-refractivity contribution in [1.82, 2.24) is 4.98 Å². The fraction of sp³-hybridized carbons (Fsp3) is 0.100. The summed E-state index contributed by atoms with van der Waals surface area (Å²) >= 11 is 0. The summed E-state index contributed by atoms with van der Waals surface area (Å²) in [5.41, 5.74) is 1.37. The lowest BCUT2D eigenvalue weighted by molar-refractivity contribution is 0.620. The summed E-state index contributed by atoms with van der Waals surface area (Å²) in [5.74, 6) is -0.193. The first kappa shape index (κ1) is 7.22. The van der Waals surface area contributed by atoms with Crippen LogP contribution in [0.2, 0.25) is 0 Å². The molecule has 0 radical (unpaired) electrons. The Morgan fingerprint density at radius 3 is 2.92 bits per heavy atom. The number of hydrogen-bond acceptors (Lipinski definition) is 1. The summed E-state index contributed by atoms with van der Waals surface area (Å²) in [6.07, 6.45) is 1.68. The van der Waals surface area contributed by atoms with E-state index in [1.54, 1.807) is 19.2 Å². The molecule has 0 bridgehead atoms. The third kappa shape index (κ3) is 0.961. The Morgan fingerprint density at radius 1 is 1.25 bits per heavy atom. The van der Waals surface area contributed by atoms with Gasteiger partial charge in [-0.25, -0.2) is 4.39 Å². The van der Waals surface area contributed by atoms with Crippen LogP contribution < -0.4 is 0 Å². The van der Waals surface area contributed by atoms with Crippen LogP contribution in [-0.4, -0.2) is 4.98 Å². The second kappa shape index (κ2) is 2.55. The van der Waals surface area contributed by atoms with E-state index in [1.165, 1.54) is 6.07 Å². The van der Waals surface area contributed by atoms with Crippen molar-refractivity contribution >= 4 is 10.9 Å². The fourth-order valence-electron chi connectivity index (χ4n) is 1.27. The van der Waals surface area contributed by atoms with Crippen molar-refractivity contribution in [2.24, 2.45) is 0 Å². The van der Waals surface area contributed by atoms with Crippen LogP contribution in [0.15, 0.2) is 30.5 Å². The van der Waals surface area contributed by atoms with Gasteiger partial charge >= 0.3 is 0 Å². The van der Waals surface area contributed by atoms with Crippen molar-refractivity contribution in [2.45, 2.75) is 6.92 Å². The van der Waals surface area contributed by atoms with Crippen LogP contribution in [0.1, 0.15) is 5.56 Å². The molecule has 0 unspecified atom stereocenters. The smallest absolute Gasteiger partial charge is 0.128 e. The zero-order chi connectivity index (χ0) is 8.55. The highest BCUT2D eigenvalue weighted by molar-refractivity contribution is 5.81. The lowest BCUT2D eigenvalue weighted by atomic mass is 10.1. The molecule has 0 N–H and O–H groups in total. The monoisotopic (exact) mass is 161 g/mol. The second-order valence-corrected chi connectivity index (χ2v) is 2.75. The predicted octanol–water partition coefficient (Wildman–Crippen LogP) is 2.68. The quantitative estimate of drug-likeness (QED) is 0.578. The number of fused-ring (bicyclic) bond motifs is 1. The Bertz CT molecular complexity index is 423. The van der Waals surface area contributed by atoms with Gasteiger partial charge in [0.05, 0.1) is 5.52 Å². The van der Waals surface area contributed by atoms with E-state index in [2.05, 4.69) is 4.98 Å². The molecule has 0 fully saturated rings. The van der Waals surface area contributed by atoms with E-state index in [-0.39, 0.29) is 5.82 Å². The highest BCUT2D eigenvalue weighted by Gasteiger charge is 2.01. The Kier molecular flexibility index (Phi) is 1.54. The number of halogens is 1. The van der Waals surface area contributed by atoms with Crippen LogP contribution in [0.4, 0.5) is 4.39 Å². The minimum Gasteiger partial charge on any atom is -0.256 e. The van der Waals surface area contributed by atoms with Crippen molar-refractivity contribution in [3.8, 4) is 0 Å². The molecule has 0 amide bonds. The number of aryl methyl sites for hydroxylation is 1. The van der Waals surface area contributed by atoms with Gasteiger partial charge < -0.3 is 0 Å². The van der Waals surface area contributed by atoms with Gasteiger partial charge in [0, 0.05) is 17.1 Å². The standard InChI is InChI=1S/C10H8FN/c1-7-9(11)5-4-8-3-2-6-12-10(7)8/h2-6H,1H3. The van der Waals surface area contributed by atoms with E-state index in [9.17, 15) is 4.39 Å². The van der Waals surface area contributed by atoms with Crippen LogP contribution in [0.3, 0.4) is 0 Å². The molecule has 0 atom stereocenters. The fourth-order valence-corrected chi connectivity index (χ4v) is 1.27. The second-order valence-electron chi connectivity index (χ2n) is 2.75. The molecule has 1 aromatic heterocycles. The predicted molar refractivity (Wildman–Crippen MR) is 46.4 cm³/mol. The Morgan fingerprint density at radius 2 is 2.08 bits per heavy atom. The summed E-state index contributed by atoms with van der Waals surface area (Å²) in [4.78, 5) is 4.10. The van der Waals surface area contributed by atoms with Crippen molar-refractivity contribution in [3.63, 3.8) is 0 Å². The van der Waals surface area contributed by atoms with Crippen molar-refractivity contribution in [2.75, 3.05) is 0 Å². The number of aromatic nitrogens is 1.